The molecule has 0 aromatic heterocycles. The Labute approximate surface area is 135 Å². The van der Waals surface area contributed by atoms with Gasteiger partial charge in [-0.3, -0.25) is 4.79 Å². The number of nitrogens with one attached hydrogen (secondary N) is 1. The zero-order valence-corrected chi connectivity index (χ0v) is 14.3. The third-order valence-electron chi connectivity index (χ3n) is 4.23. The van der Waals surface area contributed by atoms with Crippen LogP contribution in [-0.4, -0.2) is 31.6 Å². The lowest BCUT2D eigenvalue weighted by Gasteiger charge is -2.20. The van der Waals surface area contributed by atoms with Gasteiger partial charge in [0.05, 0.1) is 0 Å². The fraction of sp³-hybridized carbons (Fsp3) is 0.562. The van der Waals surface area contributed by atoms with E-state index < -0.39 is 0 Å². The SMILES string of the molecule is CC(N)C(C)C(=O)NCC1CCN(c2cccc(Br)c2)C1. The average Bonchev–Trinajstić information content (AvgIpc) is 2.92. The normalized spacial score (nSPS) is 21.1. The number of nitrogens with zero attached hydrogens (tertiary/aromatic N) is 1. The van der Waals surface area contributed by atoms with E-state index in [0.717, 1.165) is 30.5 Å². The Morgan fingerprint density at radius 1 is 1.52 bits per heavy atom. The van der Waals surface area contributed by atoms with Crippen molar-refractivity contribution in [3.05, 3.63) is 28.7 Å². The second-order valence-corrected chi connectivity index (χ2v) is 6.89. The van der Waals surface area contributed by atoms with Crippen molar-refractivity contribution in [2.75, 3.05) is 24.5 Å². The van der Waals surface area contributed by atoms with Gasteiger partial charge in [-0.25, -0.2) is 0 Å². The highest BCUT2D eigenvalue weighted by Crippen LogP contribution is 2.25. The van der Waals surface area contributed by atoms with Crippen LogP contribution in [0, 0.1) is 11.8 Å². The molecule has 4 nitrogen and oxygen atoms in total. The Morgan fingerprint density at radius 3 is 2.95 bits per heavy atom. The zero-order chi connectivity index (χ0) is 15.4. The summed E-state index contributed by atoms with van der Waals surface area (Å²) in [6.07, 6.45) is 1.11. The van der Waals surface area contributed by atoms with Gasteiger partial charge in [0.25, 0.3) is 0 Å². The number of nitrogens with two attached hydrogens (primary N) is 1. The third kappa shape index (κ3) is 4.45. The zero-order valence-electron chi connectivity index (χ0n) is 12.7. The molecule has 0 spiro atoms. The molecule has 3 N–H and O–H groups in total. The van der Waals surface area contributed by atoms with Crippen LogP contribution in [0.5, 0.6) is 0 Å². The first-order chi connectivity index (χ1) is 9.97. The minimum absolute atomic E-state index is 0.0610. The van der Waals surface area contributed by atoms with Crippen molar-refractivity contribution in [3.63, 3.8) is 0 Å². The van der Waals surface area contributed by atoms with Gasteiger partial charge in [0.15, 0.2) is 0 Å². The maximum absolute atomic E-state index is 11.9. The quantitative estimate of drug-likeness (QED) is 0.854. The van der Waals surface area contributed by atoms with Crippen molar-refractivity contribution in [2.24, 2.45) is 17.6 Å². The molecule has 1 aliphatic rings. The predicted molar refractivity (Wildman–Crippen MR) is 90.3 cm³/mol. The Hall–Kier alpha value is -1.07. The van der Waals surface area contributed by atoms with Crippen LogP contribution in [0.25, 0.3) is 0 Å². The Kier molecular flexibility index (Phi) is 5.65. The van der Waals surface area contributed by atoms with Gasteiger partial charge < -0.3 is 16.0 Å². The topological polar surface area (TPSA) is 58.4 Å². The highest BCUT2D eigenvalue weighted by Gasteiger charge is 2.24. The molecule has 1 saturated heterocycles. The Balaban J connectivity index is 1.82. The van der Waals surface area contributed by atoms with E-state index in [1.165, 1.54) is 5.69 Å². The Morgan fingerprint density at radius 2 is 2.29 bits per heavy atom. The van der Waals surface area contributed by atoms with Crippen LogP contribution in [0.15, 0.2) is 28.7 Å². The smallest absolute Gasteiger partial charge is 0.224 e. The molecule has 1 aliphatic heterocycles. The summed E-state index contributed by atoms with van der Waals surface area (Å²) in [5.74, 6) is 0.437. The number of anilines is 1. The molecule has 1 heterocycles. The van der Waals surface area contributed by atoms with Gasteiger partial charge in [0.2, 0.25) is 5.91 Å². The summed E-state index contributed by atoms with van der Waals surface area (Å²) < 4.78 is 1.10. The molecule has 2 rings (SSSR count). The van der Waals surface area contributed by atoms with E-state index >= 15 is 0 Å². The number of amides is 1. The van der Waals surface area contributed by atoms with Crippen LogP contribution in [0.2, 0.25) is 0 Å². The summed E-state index contributed by atoms with van der Waals surface area (Å²) in [7, 11) is 0. The summed E-state index contributed by atoms with van der Waals surface area (Å²) >= 11 is 3.51. The van der Waals surface area contributed by atoms with E-state index in [9.17, 15) is 4.79 Å². The first-order valence-corrected chi connectivity index (χ1v) is 8.30. The molecular formula is C16H24BrN3O. The molecular weight excluding hydrogens is 330 g/mol. The number of carbonyl (C=O) groups excluding carboxylic acids is 1. The number of carbonyl (C=O) groups is 1. The van der Waals surface area contributed by atoms with Crippen LogP contribution in [-0.2, 0) is 4.79 Å². The molecule has 1 fully saturated rings. The fourth-order valence-corrected chi connectivity index (χ4v) is 2.94. The Bertz CT molecular complexity index is 492. The van der Waals surface area contributed by atoms with E-state index in [4.69, 9.17) is 5.73 Å². The highest BCUT2D eigenvalue weighted by atomic mass is 79.9. The number of hydrogen-bond acceptors (Lipinski definition) is 3. The first kappa shape index (κ1) is 16.3. The number of rotatable bonds is 5. The molecule has 1 aromatic carbocycles. The highest BCUT2D eigenvalue weighted by molar-refractivity contribution is 9.10. The predicted octanol–water partition coefficient (Wildman–Crippen LogP) is 2.37. The van der Waals surface area contributed by atoms with Crippen LogP contribution in [0.4, 0.5) is 5.69 Å². The maximum atomic E-state index is 11.9. The van der Waals surface area contributed by atoms with Gasteiger partial charge in [-0.1, -0.05) is 28.9 Å². The molecule has 116 valence electrons. The van der Waals surface area contributed by atoms with Gasteiger partial charge in [-0.2, -0.15) is 0 Å². The lowest BCUT2D eigenvalue weighted by atomic mass is 10.0. The molecule has 0 saturated carbocycles. The summed E-state index contributed by atoms with van der Waals surface area (Å²) in [5, 5.41) is 3.03. The molecule has 3 unspecified atom stereocenters. The second-order valence-electron chi connectivity index (χ2n) is 5.97. The molecule has 21 heavy (non-hydrogen) atoms. The molecule has 0 radical (unpaired) electrons. The van der Waals surface area contributed by atoms with Crippen molar-refractivity contribution in [1.29, 1.82) is 0 Å². The van der Waals surface area contributed by atoms with Crippen LogP contribution in [0.1, 0.15) is 20.3 Å². The van der Waals surface area contributed by atoms with Gasteiger partial charge in [-0.05, 0) is 37.5 Å². The monoisotopic (exact) mass is 353 g/mol. The molecule has 0 bridgehead atoms. The van der Waals surface area contributed by atoms with Gasteiger partial charge in [0.1, 0.15) is 0 Å². The van der Waals surface area contributed by atoms with Crippen LogP contribution < -0.4 is 16.0 Å². The fourth-order valence-electron chi connectivity index (χ4n) is 2.55. The van der Waals surface area contributed by atoms with Crippen molar-refractivity contribution in [3.8, 4) is 0 Å². The number of benzene rings is 1. The maximum Gasteiger partial charge on any atom is 0.224 e. The summed E-state index contributed by atoms with van der Waals surface area (Å²) in [6.45, 7) is 6.51. The van der Waals surface area contributed by atoms with Crippen molar-refractivity contribution < 1.29 is 4.79 Å². The number of halogens is 1. The van der Waals surface area contributed by atoms with Gasteiger partial charge in [0, 0.05) is 41.8 Å². The molecule has 1 amide bonds. The molecule has 5 heteroatoms. The van der Waals surface area contributed by atoms with E-state index in [1.54, 1.807) is 0 Å². The summed E-state index contributed by atoms with van der Waals surface area (Å²) in [6, 6.07) is 8.25. The van der Waals surface area contributed by atoms with E-state index in [-0.39, 0.29) is 17.9 Å². The number of hydrogen-bond donors (Lipinski definition) is 2. The van der Waals surface area contributed by atoms with E-state index in [2.05, 4.69) is 44.3 Å². The minimum atomic E-state index is -0.132. The molecule has 0 aliphatic carbocycles. The second kappa shape index (κ2) is 7.27. The lowest BCUT2D eigenvalue weighted by molar-refractivity contribution is -0.125. The summed E-state index contributed by atoms with van der Waals surface area (Å²) in [4.78, 5) is 14.3. The summed E-state index contributed by atoms with van der Waals surface area (Å²) in [5.41, 5.74) is 7.00. The average molecular weight is 354 g/mol. The first-order valence-electron chi connectivity index (χ1n) is 7.51. The van der Waals surface area contributed by atoms with Gasteiger partial charge in [-0.15, -0.1) is 0 Å². The van der Waals surface area contributed by atoms with Crippen molar-refractivity contribution in [1.82, 2.24) is 5.32 Å². The molecule has 3 atom stereocenters. The minimum Gasteiger partial charge on any atom is -0.371 e. The lowest BCUT2D eigenvalue weighted by Crippen LogP contribution is -2.40. The van der Waals surface area contributed by atoms with Crippen LogP contribution >= 0.6 is 15.9 Å². The molecule has 1 aromatic rings. The van der Waals surface area contributed by atoms with Crippen molar-refractivity contribution in [2.45, 2.75) is 26.3 Å². The van der Waals surface area contributed by atoms with E-state index in [1.807, 2.05) is 19.9 Å². The van der Waals surface area contributed by atoms with Crippen molar-refractivity contribution >= 4 is 27.5 Å². The largest absolute Gasteiger partial charge is 0.371 e. The van der Waals surface area contributed by atoms with Crippen LogP contribution in [0.3, 0.4) is 0 Å². The van der Waals surface area contributed by atoms with E-state index in [0.29, 0.717) is 5.92 Å². The third-order valence-corrected chi connectivity index (χ3v) is 4.72. The van der Waals surface area contributed by atoms with Gasteiger partial charge >= 0.3 is 0 Å². The standard InChI is InChI=1S/C16H24BrN3O/c1-11(12(2)18)16(21)19-9-13-6-7-20(10-13)15-5-3-4-14(17)8-15/h3-5,8,11-13H,6-7,9-10,18H2,1-2H3,(H,19,21).